The highest BCUT2D eigenvalue weighted by molar-refractivity contribution is 5.65. The molecule has 0 radical (unpaired) electrons. The van der Waals surface area contributed by atoms with Crippen LogP contribution in [0.2, 0.25) is 0 Å². The minimum atomic E-state index is -1.39. The molecule has 0 aromatic rings. The van der Waals surface area contributed by atoms with Gasteiger partial charge in [0.1, 0.15) is 5.67 Å². The third-order valence-electron chi connectivity index (χ3n) is 2.72. The standard InChI is InChI=1S/C10H18FNO4/c1-15-6-7-16-8-10(11)2-4-12(5-3-10)9(13)14/h2-8H2,1H3,(H,13,14). The van der Waals surface area contributed by atoms with E-state index in [0.717, 1.165) is 0 Å². The second-order valence-corrected chi connectivity index (χ2v) is 3.97. The van der Waals surface area contributed by atoms with Crippen LogP contribution < -0.4 is 0 Å². The summed E-state index contributed by atoms with van der Waals surface area (Å²) in [4.78, 5) is 11.8. The van der Waals surface area contributed by atoms with Gasteiger partial charge in [-0.3, -0.25) is 0 Å². The third-order valence-corrected chi connectivity index (χ3v) is 2.72. The summed E-state index contributed by atoms with van der Waals surface area (Å²) >= 11 is 0. The van der Waals surface area contributed by atoms with Crippen LogP contribution in [-0.2, 0) is 9.47 Å². The predicted molar refractivity (Wildman–Crippen MR) is 55.4 cm³/mol. The summed E-state index contributed by atoms with van der Waals surface area (Å²) in [6.45, 7) is 1.30. The molecule has 6 heteroatoms. The summed E-state index contributed by atoms with van der Waals surface area (Å²) < 4.78 is 24.0. The maximum atomic E-state index is 14.1. The average molecular weight is 235 g/mol. The Kier molecular flexibility index (Phi) is 4.95. The Morgan fingerprint density at radius 1 is 1.44 bits per heavy atom. The van der Waals surface area contributed by atoms with Crippen LogP contribution in [0.3, 0.4) is 0 Å². The fourth-order valence-electron chi connectivity index (χ4n) is 1.64. The molecule has 0 atom stereocenters. The smallest absolute Gasteiger partial charge is 0.407 e. The first kappa shape index (κ1) is 13.2. The van der Waals surface area contributed by atoms with Gasteiger partial charge >= 0.3 is 6.09 Å². The number of nitrogens with zero attached hydrogens (tertiary/aromatic N) is 1. The topological polar surface area (TPSA) is 59.0 Å². The van der Waals surface area contributed by atoms with E-state index in [4.69, 9.17) is 14.6 Å². The molecule has 1 saturated heterocycles. The molecule has 0 aliphatic carbocycles. The molecule has 0 unspecified atom stereocenters. The molecule has 94 valence electrons. The van der Waals surface area contributed by atoms with Gasteiger partial charge in [-0.1, -0.05) is 0 Å². The predicted octanol–water partition coefficient (Wildman–Crippen LogP) is 1.13. The maximum absolute atomic E-state index is 14.1. The molecule has 0 spiro atoms. The molecule has 0 bridgehead atoms. The van der Waals surface area contributed by atoms with Gasteiger partial charge in [0.2, 0.25) is 0 Å². The fourth-order valence-corrected chi connectivity index (χ4v) is 1.64. The Balaban J connectivity index is 2.24. The molecule has 1 amide bonds. The van der Waals surface area contributed by atoms with Crippen molar-refractivity contribution in [3.8, 4) is 0 Å². The van der Waals surface area contributed by atoms with E-state index in [2.05, 4.69) is 0 Å². The number of ether oxygens (including phenoxy) is 2. The molecule has 1 fully saturated rings. The first-order chi connectivity index (χ1) is 7.57. The number of halogens is 1. The molecule has 1 aliphatic heterocycles. The number of likely N-dealkylation sites (tertiary alicyclic amines) is 1. The van der Waals surface area contributed by atoms with Gasteiger partial charge in [0.05, 0.1) is 19.8 Å². The summed E-state index contributed by atoms with van der Waals surface area (Å²) in [5.74, 6) is 0. The Morgan fingerprint density at radius 3 is 2.56 bits per heavy atom. The number of amides is 1. The van der Waals surface area contributed by atoms with Crippen molar-refractivity contribution >= 4 is 6.09 Å². The number of alkyl halides is 1. The Bertz CT molecular complexity index is 229. The normalized spacial score (nSPS) is 19.8. The molecule has 1 rings (SSSR count). The van der Waals surface area contributed by atoms with Crippen LogP contribution >= 0.6 is 0 Å². The SMILES string of the molecule is COCCOCC1(F)CCN(C(=O)O)CC1. The van der Waals surface area contributed by atoms with Crippen LogP contribution in [0.1, 0.15) is 12.8 Å². The minimum Gasteiger partial charge on any atom is -0.465 e. The molecule has 5 nitrogen and oxygen atoms in total. The number of carbonyl (C=O) groups is 1. The number of hydrogen-bond acceptors (Lipinski definition) is 3. The summed E-state index contributed by atoms with van der Waals surface area (Å²) in [5, 5.41) is 8.71. The van der Waals surface area contributed by atoms with Crippen LogP contribution in [0.15, 0.2) is 0 Å². The molecule has 16 heavy (non-hydrogen) atoms. The first-order valence-electron chi connectivity index (χ1n) is 5.31. The largest absolute Gasteiger partial charge is 0.465 e. The third kappa shape index (κ3) is 3.94. The van der Waals surface area contributed by atoms with E-state index in [1.54, 1.807) is 7.11 Å². The molecule has 1 aliphatic rings. The van der Waals surface area contributed by atoms with Gasteiger partial charge in [-0.05, 0) is 0 Å². The van der Waals surface area contributed by atoms with Crippen molar-refractivity contribution in [3.63, 3.8) is 0 Å². The van der Waals surface area contributed by atoms with Gasteiger partial charge in [0, 0.05) is 33.0 Å². The lowest BCUT2D eigenvalue weighted by Crippen LogP contribution is -2.46. The van der Waals surface area contributed by atoms with Crippen molar-refractivity contribution in [2.24, 2.45) is 0 Å². The Labute approximate surface area is 94.1 Å². The van der Waals surface area contributed by atoms with Gasteiger partial charge in [-0.25, -0.2) is 9.18 Å². The van der Waals surface area contributed by atoms with E-state index in [-0.39, 0.29) is 32.5 Å². The van der Waals surface area contributed by atoms with E-state index in [0.29, 0.717) is 13.2 Å². The molecule has 1 heterocycles. The van der Waals surface area contributed by atoms with Gasteiger partial charge < -0.3 is 19.5 Å². The van der Waals surface area contributed by atoms with Crippen molar-refractivity contribution in [3.05, 3.63) is 0 Å². The van der Waals surface area contributed by atoms with Gasteiger partial charge in [0.15, 0.2) is 0 Å². The summed E-state index contributed by atoms with van der Waals surface area (Å²) in [5.41, 5.74) is -1.39. The zero-order valence-electron chi connectivity index (χ0n) is 9.45. The van der Waals surface area contributed by atoms with E-state index in [9.17, 15) is 9.18 Å². The second kappa shape index (κ2) is 6.00. The van der Waals surface area contributed by atoms with E-state index in [1.165, 1.54) is 4.90 Å². The van der Waals surface area contributed by atoms with Crippen molar-refractivity contribution in [2.75, 3.05) is 40.0 Å². The molecular formula is C10H18FNO4. The van der Waals surface area contributed by atoms with Gasteiger partial charge in [-0.15, -0.1) is 0 Å². The van der Waals surface area contributed by atoms with Crippen molar-refractivity contribution in [2.45, 2.75) is 18.5 Å². The van der Waals surface area contributed by atoms with Crippen molar-refractivity contribution < 1.29 is 23.8 Å². The van der Waals surface area contributed by atoms with Crippen LogP contribution in [0, 0.1) is 0 Å². The first-order valence-corrected chi connectivity index (χ1v) is 5.31. The lowest BCUT2D eigenvalue weighted by Gasteiger charge is -2.34. The zero-order chi connectivity index (χ0) is 12.0. The summed E-state index contributed by atoms with van der Waals surface area (Å²) in [6, 6.07) is 0. The average Bonchev–Trinajstić information content (AvgIpc) is 2.25. The van der Waals surface area contributed by atoms with Gasteiger partial charge in [0.25, 0.3) is 0 Å². The minimum absolute atomic E-state index is 0.0177. The maximum Gasteiger partial charge on any atom is 0.407 e. The van der Waals surface area contributed by atoms with Crippen molar-refractivity contribution in [1.82, 2.24) is 4.90 Å². The van der Waals surface area contributed by atoms with Crippen molar-refractivity contribution in [1.29, 1.82) is 0 Å². The number of hydrogen-bond donors (Lipinski definition) is 1. The van der Waals surface area contributed by atoms with Crippen LogP contribution in [0.5, 0.6) is 0 Å². The Morgan fingerprint density at radius 2 is 2.06 bits per heavy atom. The van der Waals surface area contributed by atoms with Crippen LogP contribution in [-0.4, -0.2) is 61.8 Å². The van der Waals surface area contributed by atoms with Crippen LogP contribution in [0.4, 0.5) is 9.18 Å². The quantitative estimate of drug-likeness (QED) is 0.726. The summed E-state index contributed by atoms with van der Waals surface area (Å²) in [6.07, 6.45) is -0.583. The van der Waals surface area contributed by atoms with Gasteiger partial charge in [-0.2, -0.15) is 0 Å². The molecule has 1 N–H and O–H groups in total. The molecule has 0 aromatic carbocycles. The van der Waals surface area contributed by atoms with E-state index in [1.807, 2.05) is 0 Å². The molecule has 0 aromatic heterocycles. The number of piperidine rings is 1. The highest BCUT2D eigenvalue weighted by atomic mass is 19.1. The van der Waals surface area contributed by atoms with E-state index >= 15 is 0 Å². The Hall–Kier alpha value is -0.880. The monoisotopic (exact) mass is 235 g/mol. The second-order valence-electron chi connectivity index (χ2n) is 3.97. The van der Waals surface area contributed by atoms with E-state index < -0.39 is 11.8 Å². The summed E-state index contributed by atoms with van der Waals surface area (Å²) in [7, 11) is 1.56. The highest BCUT2D eigenvalue weighted by Gasteiger charge is 2.36. The molecule has 0 saturated carbocycles. The van der Waals surface area contributed by atoms with Crippen LogP contribution in [0.25, 0.3) is 0 Å². The highest BCUT2D eigenvalue weighted by Crippen LogP contribution is 2.26. The number of carboxylic acid groups (broad SMARTS) is 1. The number of methoxy groups -OCH3 is 1. The lowest BCUT2D eigenvalue weighted by atomic mass is 9.94. The zero-order valence-corrected chi connectivity index (χ0v) is 9.45. The lowest BCUT2D eigenvalue weighted by molar-refractivity contribution is -0.0330. The number of rotatable bonds is 5. The molecular weight excluding hydrogens is 217 g/mol. The fraction of sp³-hybridized carbons (Fsp3) is 0.900.